The van der Waals surface area contributed by atoms with Crippen LogP contribution in [0, 0.1) is 0 Å². The number of carboxylic acid groups (broad SMARTS) is 1. The lowest BCUT2D eigenvalue weighted by molar-refractivity contribution is -0.148. The Morgan fingerprint density at radius 3 is 1.84 bits per heavy atom. The molecule has 94 heavy (non-hydrogen) atoms. The number of aliphatic hydroxyl groups excluding tert-OH is 2. The molecule has 0 aliphatic carbocycles. The maximum atomic E-state index is 15.2. The lowest BCUT2D eigenvalue weighted by Crippen LogP contribution is -2.64. The number of carbonyl (C=O) groups is 11. The van der Waals surface area contributed by atoms with Crippen molar-refractivity contribution in [3.63, 3.8) is 0 Å². The second-order valence-electron chi connectivity index (χ2n) is 23.0. The van der Waals surface area contributed by atoms with E-state index in [2.05, 4.69) is 46.9 Å². The van der Waals surface area contributed by atoms with Crippen LogP contribution >= 0.6 is 11.3 Å². The molecule has 0 saturated carbocycles. The molecule has 3 fully saturated rings. The third kappa shape index (κ3) is 20.9. The van der Waals surface area contributed by atoms with Crippen molar-refractivity contribution in [1.82, 2.24) is 46.6 Å². The van der Waals surface area contributed by atoms with Crippen LogP contribution in [0.2, 0.25) is 0 Å². The number of aliphatic imine (C=N–C) groups is 3. The van der Waals surface area contributed by atoms with Gasteiger partial charge in [-0.05, 0) is 73.9 Å². The Morgan fingerprint density at radius 2 is 1.26 bits per heavy atom. The number of amides is 9. The first-order valence-corrected chi connectivity index (χ1v) is 31.5. The molecule has 510 valence electrons. The number of nitrogens with one attached hydrogen (secondary N) is 6. The fourth-order valence-electron chi connectivity index (χ4n) is 11.3. The van der Waals surface area contributed by atoms with E-state index in [9.17, 15) is 58.5 Å². The van der Waals surface area contributed by atoms with Gasteiger partial charge >= 0.3 is 5.97 Å². The average Bonchev–Trinajstić information content (AvgIpc) is 1.58. The fraction of sp³-hybridized carbons (Fsp3) is 0.500. The lowest BCUT2D eigenvalue weighted by atomic mass is 9.84. The van der Waals surface area contributed by atoms with Crippen LogP contribution in [0.4, 0.5) is 0 Å². The van der Waals surface area contributed by atoms with Crippen molar-refractivity contribution in [2.75, 3.05) is 52.4 Å². The number of aliphatic hydroxyl groups is 2. The maximum absolute atomic E-state index is 15.2. The predicted octanol–water partition coefficient (Wildman–Crippen LogP) is -6.02. The first-order valence-electron chi connectivity index (χ1n) is 30.6. The number of carbonyl (C=O) groups excluding carboxylic acids is 10. The maximum Gasteiger partial charge on any atom is 0.326 e. The van der Waals surface area contributed by atoms with E-state index in [1.54, 1.807) is 78.2 Å². The molecule has 10 atom stereocenters. The summed E-state index contributed by atoms with van der Waals surface area (Å²) < 4.78 is 0. The van der Waals surface area contributed by atoms with E-state index >= 15 is 9.59 Å². The zero-order chi connectivity index (χ0) is 68.6. The molecule has 34 heteroatoms. The summed E-state index contributed by atoms with van der Waals surface area (Å²) >= 11 is 1.22. The topological polar surface area (TPSA) is 550 Å². The van der Waals surface area contributed by atoms with Crippen LogP contribution in [0.1, 0.15) is 73.8 Å². The summed E-state index contributed by atoms with van der Waals surface area (Å²) in [4.78, 5) is 171. The van der Waals surface area contributed by atoms with E-state index in [4.69, 9.17) is 40.1 Å². The van der Waals surface area contributed by atoms with Crippen molar-refractivity contribution in [3.05, 3.63) is 94.2 Å². The molecule has 0 spiro atoms. The van der Waals surface area contributed by atoms with Gasteiger partial charge in [0.2, 0.25) is 47.3 Å². The van der Waals surface area contributed by atoms with Crippen molar-refractivity contribution in [1.29, 1.82) is 0 Å². The van der Waals surface area contributed by atoms with Gasteiger partial charge in [-0.3, -0.25) is 62.9 Å². The average molecular weight is 1330 g/mol. The molecule has 2 unspecified atom stereocenters. The third-order valence-corrected chi connectivity index (χ3v) is 16.9. The zero-order valence-corrected chi connectivity index (χ0v) is 52.6. The number of guanidine groups is 3. The van der Waals surface area contributed by atoms with Crippen LogP contribution in [-0.4, -0.2) is 225 Å². The highest BCUT2D eigenvalue weighted by Gasteiger charge is 2.60. The normalized spacial score (nSPS) is 19.9. The van der Waals surface area contributed by atoms with Gasteiger partial charge in [0, 0.05) is 63.3 Å². The molecule has 6 rings (SSSR count). The van der Waals surface area contributed by atoms with E-state index < -0.39 is 151 Å². The summed E-state index contributed by atoms with van der Waals surface area (Å²) in [6.45, 7) is -2.55. The number of ketones is 1. The molecule has 3 aliphatic rings. The van der Waals surface area contributed by atoms with Crippen molar-refractivity contribution >= 4 is 94.1 Å². The Balaban J connectivity index is 1.16. The molecule has 1 aromatic heterocycles. The minimum atomic E-state index is -2.49. The van der Waals surface area contributed by atoms with Gasteiger partial charge < -0.3 is 102 Å². The third-order valence-electron chi connectivity index (χ3n) is 16.0. The summed E-state index contributed by atoms with van der Waals surface area (Å²) in [5, 5.41) is 48.4. The largest absolute Gasteiger partial charge is 0.480 e. The highest BCUT2D eigenvalue weighted by molar-refractivity contribution is 7.09. The van der Waals surface area contributed by atoms with Gasteiger partial charge in [-0.15, -0.1) is 11.3 Å². The standard InChI is InChI=1S/C60H85N19O14S/c61-38(17-7-21-68-57(62)63)49(85)74-39(18-8-22-69-58(64)65)53(89)77-24-10-20-43(77)54(90)78-31-36(81)27-45(78)52(88)71-30-46(82)73-41(28-37-16-11-25-94-37)50(86)75-42(33-80)51(87)76-60(29-35-14-5-2-6-15-35)48(84)44(26-34-12-3-1-4-13-34)79(56(60)93)32-47(83)72-40(55(91)92)19-9-23-70-59(66)67/h1-6,11-16,25,36,38-45,80-81H,7-10,17-24,26-33,61H2,(H,71,88)(H,72,83)(H,73,82)(H,74,85)(H,75,86)(H,76,87)(H,91,92)(H4,62,63,68)(H4,64,65,69)(H4,66,67,70)/t36?,38-,39+,40+,41+,42+,43+,44?,45+,60-/m1/s1. The fourth-order valence-corrected chi connectivity index (χ4v) is 12.1. The minimum Gasteiger partial charge on any atom is -0.480 e. The Hall–Kier alpha value is -9.80. The molecule has 9 amide bonds. The molecule has 33 nitrogen and oxygen atoms in total. The van der Waals surface area contributed by atoms with Gasteiger partial charge in [0.25, 0.3) is 5.91 Å². The molecular formula is C60H85N19O14S. The Bertz CT molecular complexity index is 3240. The smallest absolute Gasteiger partial charge is 0.326 e. The van der Waals surface area contributed by atoms with Crippen molar-refractivity contribution in [2.24, 2.45) is 55.1 Å². The van der Waals surface area contributed by atoms with Gasteiger partial charge in [-0.1, -0.05) is 66.7 Å². The zero-order valence-electron chi connectivity index (χ0n) is 51.8. The number of carboxylic acids is 1. The van der Waals surface area contributed by atoms with Gasteiger partial charge in [0.15, 0.2) is 29.2 Å². The van der Waals surface area contributed by atoms with Gasteiger partial charge in [0.1, 0.15) is 42.8 Å². The number of benzene rings is 2. The predicted molar refractivity (Wildman–Crippen MR) is 344 cm³/mol. The number of aliphatic carboxylic acids is 1. The molecule has 3 saturated heterocycles. The number of Topliss-reactive ketones (excluding diaryl/α,β-unsaturated/α-hetero) is 1. The SMILES string of the molecule is NC(N)=NCCC[C@@H](N)C(=O)N[C@@H](CCCN=C(N)N)C(=O)N1CCC[C@H]1C(=O)N1CC(O)C[C@H]1C(=O)NCC(=O)N[C@@H](Cc1cccs1)C(=O)N[C@@H](CO)C(=O)N[C@]1(Cc2ccccc2)C(=O)C(Cc2ccccc2)N(CC(=O)N[C@@H](CCCN=C(N)N)C(=O)O)C1=O. The molecule has 0 bridgehead atoms. The van der Waals surface area contributed by atoms with E-state index in [0.29, 0.717) is 28.8 Å². The van der Waals surface area contributed by atoms with Crippen LogP contribution in [0.25, 0.3) is 0 Å². The number of nitrogens with two attached hydrogens (primary N) is 7. The Morgan fingerprint density at radius 1 is 0.670 bits per heavy atom. The van der Waals surface area contributed by atoms with E-state index in [0.717, 1.165) is 9.80 Å². The molecule has 23 N–H and O–H groups in total. The Labute approximate surface area is 545 Å². The molecule has 0 radical (unpaired) electrons. The van der Waals surface area contributed by atoms with Gasteiger partial charge in [-0.25, -0.2) is 4.79 Å². The van der Waals surface area contributed by atoms with Crippen LogP contribution in [0.15, 0.2) is 93.2 Å². The summed E-state index contributed by atoms with van der Waals surface area (Å²) in [7, 11) is 0. The van der Waals surface area contributed by atoms with E-state index in [1.807, 2.05) is 0 Å². The summed E-state index contributed by atoms with van der Waals surface area (Å²) in [6.07, 6.45) is -0.864. The number of hydrogen-bond acceptors (Lipinski definition) is 18. The molecule has 3 aliphatic heterocycles. The first-order chi connectivity index (χ1) is 44.8. The number of hydrogen-bond donors (Lipinski definition) is 16. The van der Waals surface area contributed by atoms with Crippen molar-refractivity contribution < 1.29 is 68.1 Å². The van der Waals surface area contributed by atoms with Crippen molar-refractivity contribution in [3.8, 4) is 0 Å². The highest BCUT2D eigenvalue weighted by Crippen LogP contribution is 2.32. The second-order valence-corrected chi connectivity index (χ2v) is 24.0. The van der Waals surface area contributed by atoms with Crippen LogP contribution in [-0.2, 0) is 72.0 Å². The monoisotopic (exact) mass is 1330 g/mol. The molecule has 3 aromatic rings. The quantitative estimate of drug-likeness (QED) is 0.0113. The van der Waals surface area contributed by atoms with Crippen LogP contribution in [0.5, 0.6) is 0 Å². The van der Waals surface area contributed by atoms with Crippen LogP contribution < -0.4 is 72.0 Å². The number of likely N-dealkylation sites (tertiary alicyclic amines) is 3. The van der Waals surface area contributed by atoms with Gasteiger partial charge in [-0.2, -0.15) is 0 Å². The van der Waals surface area contributed by atoms with Crippen LogP contribution in [0.3, 0.4) is 0 Å². The first kappa shape index (κ1) is 73.3. The summed E-state index contributed by atoms with van der Waals surface area (Å²) in [5.74, 6) is -10.8. The molecule has 4 heterocycles. The highest BCUT2D eigenvalue weighted by atomic mass is 32.1. The van der Waals surface area contributed by atoms with Crippen molar-refractivity contribution in [2.45, 2.75) is 137 Å². The second kappa shape index (κ2) is 35.3. The molecular weight excluding hydrogens is 1240 g/mol. The number of thiophene rings is 1. The minimum absolute atomic E-state index is 0.0508. The Kier molecular flexibility index (Phi) is 27.5. The number of nitrogens with zero attached hydrogens (tertiary/aromatic N) is 6. The lowest BCUT2D eigenvalue weighted by Gasteiger charge is -2.33. The van der Waals surface area contributed by atoms with Gasteiger partial charge in [0.05, 0.1) is 31.3 Å². The summed E-state index contributed by atoms with van der Waals surface area (Å²) in [6, 6.07) is 8.93. The van der Waals surface area contributed by atoms with E-state index in [1.165, 1.54) is 16.2 Å². The van der Waals surface area contributed by atoms with E-state index in [-0.39, 0.29) is 108 Å². The number of rotatable bonds is 35. The summed E-state index contributed by atoms with van der Waals surface area (Å²) in [5.41, 5.74) is 37.2. The molecule has 2 aromatic carbocycles. The number of β-amino-alcohol motifs (C(OH)–C–C–N with tert-alkyl or cyclic N) is 1.